The van der Waals surface area contributed by atoms with Gasteiger partial charge in [0, 0.05) is 18.8 Å². The molecule has 2 aromatic heterocycles. The molecule has 0 radical (unpaired) electrons. The van der Waals surface area contributed by atoms with Crippen LogP contribution in [0.4, 0.5) is 22.4 Å². The number of ether oxygens (including phenoxy) is 2. The van der Waals surface area contributed by atoms with Crippen LogP contribution in [-0.4, -0.2) is 68.6 Å². The average Bonchev–Trinajstić information content (AvgIpc) is 3.32. The van der Waals surface area contributed by atoms with Crippen molar-refractivity contribution >= 4 is 33.8 Å². The van der Waals surface area contributed by atoms with Gasteiger partial charge in [-0.15, -0.1) is 0 Å². The third-order valence-electron chi connectivity index (χ3n) is 5.91. The van der Waals surface area contributed by atoms with Gasteiger partial charge in [-0.25, -0.2) is 23.5 Å². The van der Waals surface area contributed by atoms with E-state index >= 15 is 0 Å². The van der Waals surface area contributed by atoms with Crippen LogP contribution in [0.3, 0.4) is 0 Å². The number of amides is 1. The maximum Gasteiger partial charge on any atom is 0.422 e. The topological polar surface area (TPSA) is 104 Å². The lowest BCUT2D eigenvalue weighted by Crippen LogP contribution is -2.35. The SMILES string of the molecule is Cc1c(OCC(F)(F)F)ccnc1C[S@](=O)c1nc2ccccc2n1C(=O)N(C)CCOC(=O)c1ccc(F)cc1. The van der Waals surface area contributed by atoms with Crippen molar-refractivity contribution < 1.29 is 40.8 Å². The van der Waals surface area contributed by atoms with Gasteiger partial charge in [-0.3, -0.25) is 9.19 Å². The number of esters is 1. The number of para-hydroxylation sites is 2. The molecule has 0 N–H and O–H groups in total. The highest BCUT2D eigenvalue weighted by molar-refractivity contribution is 7.84. The fourth-order valence-corrected chi connectivity index (χ4v) is 5.01. The molecular formula is C27H24F4N4O5S. The van der Waals surface area contributed by atoms with Crippen LogP contribution < -0.4 is 4.74 Å². The first-order chi connectivity index (χ1) is 19.4. The second-order valence-electron chi connectivity index (χ2n) is 8.84. The molecule has 0 spiro atoms. The van der Waals surface area contributed by atoms with Crippen molar-refractivity contribution in [3.05, 3.63) is 83.4 Å². The maximum absolute atomic E-state index is 13.5. The highest BCUT2D eigenvalue weighted by atomic mass is 32.2. The number of fused-ring (bicyclic) bond motifs is 1. The first-order valence-electron chi connectivity index (χ1n) is 12.1. The smallest absolute Gasteiger partial charge is 0.422 e. The Balaban J connectivity index is 1.51. The Labute approximate surface area is 234 Å². The van der Waals surface area contributed by atoms with Crippen LogP contribution in [0.5, 0.6) is 5.75 Å². The molecule has 1 amide bonds. The number of hydrogen-bond donors (Lipinski definition) is 0. The molecule has 4 aromatic rings. The van der Waals surface area contributed by atoms with Crippen LogP contribution in [0, 0.1) is 12.7 Å². The zero-order chi connectivity index (χ0) is 29.7. The summed E-state index contributed by atoms with van der Waals surface area (Å²) in [6, 6.07) is 12.1. The van der Waals surface area contributed by atoms with Crippen molar-refractivity contribution in [1.82, 2.24) is 19.4 Å². The summed E-state index contributed by atoms with van der Waals surface area (Å²) in [5.41, 5.74) is 1.42. The number of nitrogens with zero attached hydrogens (tertiary/aromatic N) is 4. The molecular weight excluding hydrogens is 568 g/mol. The van der Waals surface area contributed by atoms with E-state index < -0.39 is 41.4 Å². The molecule has 0 fully saturated rings. The molecule has 4 rings (SSSR count). The first-order valence-corrected chi connectivity index (χ1v) is 13.4. The molecule has 2 heterocycles. The molecule has 0 aliphatic carbocycles. The van der Waals surface area contributed by atoms with Crippen molar-refractivity contribution in [2.75, 3.05) is 26.8 Å². The van der Waals surface area contributed by atoms with E-state index in [9.17, 15) is 31.4 Å². The van der Waals surface area contributed by atoms with E-state index in [-0.39, 0.29) is 46.6 Å². The van der Waals surface area contributed by atoms with E-state index in [2.05, 4.69) is 9.97 Å². The van der Waals surface area contributed by atoms with Crippen molar-refractivity contribution in [2.24, 2.45) is 0 Å². The Hall–Kier alpha value is -4.33. The lowest BCUT2D eigenvalue weighted by Gasteiger charge is -2.19. The van der Waals surface area contributed by atoms with Crippen LogP contribution in [-0.2, 0) is 21.3 Å². The van der Waals surface area contributed by atoms with Crippen LogP contribution in [0.2, 0.25) is 0 Å². The van der Waals surface area contributed by atoms with Crippen LogP contribution >= 0.6 is 0 Å². The van der Waals surface area contributed by atoms with Crippen molar-refractivity contribution in [1.29, 1.82) is 0 Å². The predicted molar refractivity (Wildman–Crippen MR) is 140 cm³/mol. The van der Waals surface area contributed by atoms with Gasteiger partial charge in [-0.1, -0.05) is 12.1 Å². The Morgan fingerprint density at radius 2 is 1.78 bits per heavy atom. The van der Waals surface area contributed by atoms with Gasteiger partial charge in [0.2, 0.25) is 5.16 Å². The van der Waals surface area contributed by atoms with Gasteiger partial charge in [0.25, 0.3) is 0 Å². The second kappa shape index (κ2) is 12.5. The zero-order valence-corrected chi connectivity index (χ0v) is 22.7. The number of hydrogen-bond acceptors (Lipinski definition) is 7. The molecule has 0 saturated heterocycles. The molecule has 0 aliphatic rings. The monoisotopic (exact) mass is 592 g/mol. The van der Waals surface area contributed by atoms with E-state index in [0.29, 0.717) is 11.0 Å². The molecule has 2 aromatic carbocycles. The Kier molecular flexibility index (Phi) is 9.01. The molecule has 1 atom stereocenters. The summed E-state index contributed by atoms with van der Waals surface area (Å²) in [4.78, 5) is 35.4. The first kappa shape index (κ1) is 29.6. The van der Waals surface area contributed by atoms with E-state index in [0.717, 1.165) is 12.1 Å². The number of rotatable bonds is 9. The molecule has 0 bridgehead atoms. The summed E-state index contributed by atoms with van der Waals surface area (Å²) >= 11 is 0. The Morgan fingerprint density at radius 3 is 2.49 bits per heavy atom. The van der Waals surface area contributed by atoms with E-state index in [4.69, 9.17) is 9.47 Å². The van der Waals surface area contributed by atoms with E-state index in [1.807, 2.05) is 0 Å². The van der Waals surface area contributed by atoms with Gasteiger partial charge in [0.15, 0.2) is 6.61 Å². The van der Waals surface area contributed by atoms with Crippen LogP contribution in [0.15, 0.2) is 66.0 Å². The lowest BCUT2D eigenvalue weighted by molar-refractivity contribution is -0.153. The van der Waals surface area contributed by atoms with Gasteiger partial charge in [0.1, 0.15) is 18.2 Å². The van der Waals surface area contributed by atoms with Crippen LogP contribution in [0.25, 0.3) is 11.0 Å². The van der Waals surface area contributed by atoms with E-state index in [1.165, 1.54) is 47.8 Å². The minimum absolute atomic E-state index is 0.0242. The fraction of sp³-hybridized carbons (Fsp3) is 0.259. The van der Waals surface area contributed by atoms with Crippen LogP contribution in [0.1, 0.15) is 21.6 Å². The van der Waals surface area contributed by atoms with Gasteiger partial charge in [0.05, 0.1) is 45.4 Å². The van der Waals surface area contributed by atoms with E-state index in [1.54, 1.807) is 24.3 Å². The number of alkyl halides is 3. The molecule has 0 aliphatic heterocycles. The Bertz CT molecular complexity index is 1590. The van der Waals surface area contributed by atoms with Gasteiger partial charge < -0.3 is 14.4 Å². The summed E-state index contributed by atoms with van der Waals surface area (Å²) in [6.07, 6.45) is -3.28. The minimum atomic E-state index is -4.53. The Morgan fingerprint density at radius 1 is 1.07 bits per heavy atom. The van der Waals surface area contributed by atoms with Gasteiger partial charge >= 0.3 is 18.2 Å². The maximum atomic E-state index is 13.5. The zero-order valence-electron chi connectivity index (χ0n) is 21.9. The number of carbonyl (C=O) groups excluding carboxylic acids is 2. The molecule has 14 heteroatoms. The van der Waals surface area contributed by atoms with Gasteiger partial charge in [-0.2, -0.15) is 13.2 Å². The lowest BCUT2D eigenvalue weighted by atomic mass is 10.2. The molecule has 0 saturated carbocycles. The normalized spacial score (nSPS) is 12.2. The second-order valence-corrected chi connectivity index (χ2v) is 10.2. The molecule has 216 valence electrons. The number of imidazole rings is 1. The standard InChI is InChI=1S/C27H24F4N4O5S/c1-17-21(32-12-11-23(17)40-16-27(29,30)31)15-41(38)25-33-20-5-3-4-6-22(20)35(25)26(37)34(2)13-14-39-24(36)18-7-9-19(28)10-8-18/h3-12H,13-16H2,1-2H3/t41-/m0/s1. The quantitative estimate of drug-likeness (QED) is 0.202. The third kappa shape index (κ3) is 7.25. The third-order valence-corrected chi connectivity index (χ3v) is 7.13. The fourth-order valence-electron chi connectivity index (χ4n) is 3.76. The summed E-state index contributed by atoms with van der Waals surface area (Å²) in [5.74, 6) is -1.49. The largest absolute Gasteiger partial charge is 0.484 e. The molecule has 41 heavy (non-hydrogen) atoms. The number of aromatic nitrogens is 3. The summed E-state index contributed by atoms with van der Waals surface area (Å²) in [7, 11) is -0.486. The van der Waals surface area contributed by atoms with Crippen molar-refractivity contribution in [3.63, 3.8) is 0 Å². The summed E-state index contributed by atoms with van der Waals surface area (Å²) in [6.45, 7) is -0.183. The number of likely N-dealkylation sites (N-methyl/N-ethyl adjacent to an activating group) is 1. The number of halogens is 4. The minimum Gasteiger partial charge on any atom is -0.484 e. The van der Waals surface area contributed by atoms with Gasteiger partial charge in [-0.05, 0) is 49.4 Å². The molecule has 0 unspecified atom stereocenters. The highest BCUT2D eigenvalue weighted by Gasteiger charge is 2.29. The van der Waals surface area contributed by atoms with Crippen molar-refractivity contribution in [3.8, 4) is 5.75 Å². The number of benzene rings is 2. The number of carbonyl (C=O) groups is 2. The average molecular weight is 593 g/mol. The predicted octanol–water partition coefficient (Wildman–Crippen LogP) is 4.88. The number of pyridine rings is 1. The summed E-state index contributed by atoms with van der Waals surface area (Å²) in [5, 5.41) is -0.0887. The van der Waals surface area contributed by atoms with Crippen molar-refractivity contribution in [2.45, 2.75) is 24.0 Å². The highest BCUT2D eigenvalue weighted by Crippen LogP contribution is 2.26. The summed E-state index contributed by atoms with van der Waals surface area (Å²) < 4.78 is 75.7. The molecule has 9 nitrogen and oxygen atoms in total.